The molecular weight excluding hydrogens is 196 g/mol. The van der Waals surface area contributed by atoms with Crippen LogP contribution in [0, 0.1) is 13.8 Å². The maximum atomic E-state index is 4.19. The molecule has 0 radical (unpaired) electrons. The maximum Gasteiger partial charge on any atom is 0.0418 e. The molecule has 0 unspecified atom stereocenters. The minimum Gasteiger partial charge on any atom is -0.161 e. The normalized spacial score (nSPS) is 11.4. The van der Waals surface area contributed by atoms with E-state index in [1.807, 2.05) is 20.8 Å². The Morgan fingerprint density at radius 3 is 2.38 bits per heavy atom. The van der Waals surface area contributed by atoms with Crippen LogP contribution in [0.25, 0.3) is 0 Å². The summed E-state index contributed by atoms with van der Waals surface area (Å²) in [6, 6.07) is 6.52. The van der Waals surface area contributed by atoms with E-state index < -0.39 is 0 Å². The van der Waals surface area contributed by atoms with Crippen molar-refractivity contribution in [2.24, 2.45) is 10.2 Å². The molecule has 0 atom stereocenters. The van der Waals surface area contributed by atoms with Gasteiger partial charge in [0.15, 0.2) is 0 Å². The Hall–Kier alpha value is -1.44. The number of hydrogen-bond donors (Lipinski definition) is 0. The molecule has 0 bridgehead atoms. The summed E-state index contributed by atoms with van der Waals surface area (Å²) < 4.78 is 0. The van der Waals surface area contributed by atoms with Gasteiger partial charge in [-0.3, -0.25) is 0 Å². The molecule has 0 saturated carbocycles. The molecule has 1 rings (SSSR count). The number of rotatable bonds is 3. The van der Waals surface area contributed by atoms with Crippen molar-refractivity contribution in [2.75, 3.05) is 0 Å². The van der Waals surface area contributed by atoms with Crippen molar-refractivity contribution < 1.29 is 0 Å². The molecule has 0 aliphatic heterocycles. The van der Waals surface area contributed by atoms with Crippen LogP contribution in [-0.4, -0.2) is 11.4 Å². The van der Waals surface area contributed by atoms with E-state index in [9.17, 15) is 0 Å². The van der Waals surface area contributed by atoms with E-state index in [2.05, 4.69) is 42.2 Å². The van der Waals surface area contributed by atoms with Crippen molar-refractivity contribution in [3.05, 3.63) is 34.9 Å². The second-order valence-electron chi connectivity index (χ2n) is 4.49. The van der Waals surface area contributed by atoms with Gasteiger partial charge in [-0.05, 0) is 45.7 Å². The van der Waals surface area contributed by atoms with Crippen LogP contribution in [0.1, 0.15) is 37.5 Å². The van der Waals surface area contributed by atoms with Crippen molar-refractivity contribution in [1.29, 1.82) is 0 Å². The predicted octanol–water partition coefficient (Wildman–Crippen LogP) is 3.70. The summed E-state index contributed by atoms with van der Waals surface area (Å²) >= 11 is 0. The molecule has 0 aromatic heterocycles. The van der Waals surface area contributed by atoms with Gasteiger partial charge in [0.1, 0.15) is 0 Å². The number of nitrogens with zero attached hydrogens (tertiary/aromatic N) is 2. The monoisotopic (exact) mass is 216 g/mol. The predicted molar refractivity (Wildman–Crippen MR) is 71.5 cm³/mol. The second kappa shape index (κ2) is 5.59. The van der Waals surface area contributed by atoms with Gasteiger partial charge in [0.05, 0.1) is 0 Å². The molecule has 2 heteroatoms. The fraction of sp³-hybridized carbons (Fsp3) is 0.429. The van der Waals surface area contributed by atoms with Crippen molar-refractivity contribution >= 4 is 11.4 Å². The molecule has 0 spiro atoms. The minimum atomic E-state index is 0.879. The van der Waals surface area contributed by atoms with Crippen LogP contribution in [0.4, 0.5) is 0 Å². The standard InChI is InChI=1S/C14H20N2/c1-10(2)15-16-13(5)9-14-8-11(3)6-7-12(14)4/h6-8H,9H2,1-5H3/b16-13+. The quantitative estimate of drug-likeness (QED) is 0.543. The molecule has 16 heavy (non-hydrogen) atoms. The van der Waals surface area contributed by atoms with Gasteiger partial charge < -0.3 is 0 Å². The van der Waals surface area contributed by atoms with Crippen LogP contribution < -0.4 is 0 Å². The highest BCUT2D eigenvalue weighted by atomic mass is 15.2. The Kier molecular flexibility index (Phi) is 4.41. The lowest BCUT2D eigenvalue weighted by atomic mass is 10.0. The number of hydrogen-bond acceptors (Lipinski definition) is 2. The van der Waals surface area contributed by atoms with Crippen LogP contribution >= 0.6 is 0 Å². The molecule has 86 valence electrons. The molecule has 2 nitrogen and oxygen atoms in total. The largest absolute Gasteiger partial charge is 0.161 e. The smallest absolute Gasteiger partial charge is 0.0418 e. The molecule has 0 aliphatic rings. The van der Waals surface area contributed by atoms with E-state index in [0.717, 1.165) is 17.8 Å². The van der Waals surface area contributed by atoms with Gasteiger partial charge >= 0.3 is 0 Å². The van der Waals surface area contributed by atoms with Gasteiger partial charge in [-0.2, -0.15) is 10.2 Å². The number of aryl methyl sites for hydroxylation is 2. The third-order valence-corrected chi connectivity index (χ3v) is 2.37. The zero-order valence-corrected chi connectivity index (χ0v) is 10.8. The molecule has 1 aromatic rings. The molecule has 0 aliphatic carbocycles. The first-order chi connectivity index (χ1) is 7.49. The van der Waals surface area contributed by atoms with Crippen LogP contribution in [0.2, 0.25) is 0 Å². The van der Waals surface area contributed by atoms with E-state index in [4.69, 9.17) is 0 Å². The fourth-order valence-electron chi connectivity index (χ4n) is 1.49. The average Bonchev–Trinajstić information content (AvgIpc) is 2.20. The SMILES string of the molecule is CC(C)=N/N=C(\C)Cc1cc(C)ccc1C. The zero-order valence-electron chi connectivity index (χ0n) is 10.8. The first-order valence-corrected chi connectivity index (χ1v) is 5.59. The van der Waals surface area contributed by atoms with E-state index in [-0.39, 0.29) is 0 Å². The first kappa shape index (κ1) is 12.6. The van der Waals surface area contributed by atoms with Gasteiger partial charge in [-0.15, -0.1) is 0 Å². The Morgan fingerprint density at radius 1 is 1.06 bits per heavy atom. The Morgan fingerprint density at radius 2 is 1.75 bits per heavy atom. The minimum absolute atomic E-state index is 0.879. The maximum absolute atomic E-state index is 4.19. The Balaban J connectivity index is 2.84. The van der Waals surface area contributed by atoms with Gasteiger partial charge in [0.2, 0.25) is 0 Å². The molecule has 0 N–H and O–H groups in total. The molecule has 0 saturated heterocycles. The second-order valence-corrected chi connectivity index (χ2v) is 4.49. The van der Waals surface area contributed by atoms with Crippen molar-refractivity contribution in [1.82, 2.24) is 0 Å². The molecule has 0 fully saturated rings. The molecule has 1 aromatic carbocycles. The summed E-state index contributed by atoms with van der Waals surface area (Å²) in [7, 11) is 0. The van der Waals surface area contributed by atoms with E-state index in [0.29, 0.717) is 0 Å². The summed E-state index contributed by atoms with van der Waals surface area (Å²) in [5.41, 5.74) is 5.99. The van der Waals surface area contributed by atoms with Crippen LogP contribution in [0.3, 0.4) is 0 Å². The molecule has 0 heterocycles. The number of benzene rings is 1. The summed E-state index contributed by atoms with van der Waals surface area (Å²) in [6.07, 6.45) is 0.879. The van der Waals surface area contributed by atoms with Crippen molar-refractivity contribution in [3.8, 4) is 0 Å². The topological polar surface area (TPSA) is 24.7 Å². The summed E-state index contributed by atoms with van der Waals surface area (Å²) in [4.78, 5) is 0. The lowest BCUT2D eigenvalue weighted by Crippen LogP contribution is -2.00. The van der Waals surface area contributed by atoms with Crippen molar-refractivity contribution in [2.45, 2.75) is 41.0 Å². The summed E-state index contributed by atoms with van der Waals surface area (Å²) in [5, 5.41) is 8.27. The highest BCUT2D eigenvalue weighted by Crippen LogP contribution is 2.11. The van der Waals surface area contributed by atoms with E-state index in [1.54, 1.807) is 0 Å². The molecule has 0 amide bonds. The summed E-state index contributed by atoms with van der Waals surface area (Å²) in [6.45, 7) is 10.2. The van der Waals surface area contributed by atoms with E-state index in [1.165, 1.54) is 16.7 Å². The van der Waals surface area contributed by atoms with Gasteiger partial charge in [-0.25, -0.2) is 0 Å². The van der Waals surface area contributed by atoms with E-state index >= 15 is 0 Å². The van der Waals surface area contributed by atoms with Gasteiger partial charge in [0.25, 0.3) is 0 Å². The zero-order chi connectivity index (χ0) is 12.1. The van der Waals surface area contributed by atoms with Crippen molar-refractivity contribution in [3.63, 3.8) is 0 Å². The highest BCUT2D eigenvalue weighted by Gasteiger charge is 2.00. The Bertz CT molecular complexity index is 424. The highest BCUT2D eigenvalue weighted by molar-refractivity contribution is 5.86. The molecular formula is C14H20N2. The summed E-state index contributed by atoms with van der Waals surface area (Å²) in [5.74, 6) is 0. The Labute approximate surface area is 98.1 Å². The first-order valence-electron chi connectivity index (χ1n) is 5.59. The van der Waals surface area contributed by atoms with Gasteiger partial charge in [0, 0.05) is 17.8 Å². The third-order valence-electron chi connectivity index (χ3n) is 2.37. The fourth-order valence-corrected chi connectivity index (χ4v) is 1.49. The third kappa shape index (κ3) is 3.97. The average molecular weight is 216 g/mol. The lowest BCUT2D eigenvalue weighted by molar-refractivity contribution is 1.15. The van der Waals surface area contributed by atoms with Crippen LogP contribution in [0.5, 0.6) is 0 Å². The van der Waals surface area contributed by atoms with Crippen LogP contribution in [-0.2, 0) is 6.42 Å². The van der Waals surface area contributed by atoms with Crippen LogP contribution in [0.15, 0.2) is 28.4 Å². The lowest BCUT2D eigenvalue weighted by Gasteiger charge is -2.06. The van der Waals surface area contributed by atoms with Gasteiger partial charge in [-0.1, -0.05) is 23.8 Å².